The van der Waals surface area contributed by atoms with Crippen LogP contribution in [0.5, 0.6) is 0 Å². The van der Waals surface area contributed by atoms with Gasteiger partial charge in [0.1, 0.15) is 6.67 Å². The summed E-state index contributed by atoms with van der Waals surface area (Å²) < 4.78 is 17.4. The molecular weight excluding hydrogens is 173 g/mol. The highest BCUT2D eigenvalue weighted by molar-refractivity contribution is 4.72. The zero-order valence-corrected chi connectivity index (χ0v) is 8.08. The summed E-state index contributed by atoms with van der Waals surface area (Å²) in [5, 5.41) is 9.16. The van der Waals surface area contributed by atoms with Gasteiger partial charge in [-0.3, -0.25) is 4.90 Å². The molecule has 2 unspecified atom stereocenters. The zero-order valence-electron chi connectivity index (χ0n) is 8.08. The largest absolute Gasteiger partial charge is 0.389 e. The van der Waals surface area contributed by atoms with Crippen molar-refractivity contribution in [2.75, 3.05) is 33.0 Å². The lowest BCUT2D eigenvalue weighted by Gasteiger charge is -2.27. The van der Waals surface area contributed by atoms with E-state index in [2.05, 4.69) is 4.90 Å². The predicted molar refractivity (Wildman–Crippen MR) is 48.5 cm³/mol. The Morgan fingerprint density at radius 1 is 1.69 bits per heavy atom. The van der Waals surface area contributed by atoms with Gasteiger partial charge in [-0.05, 0) is 13.3 Å². The number of ether oxygens (including phenoxy) is 1. The van der Waals surface area contributed by atoms with Gasteiger partial charge in [0.15, 0.2) is 0 Å². The van der Waals surface area contributed by atoms with E-state index in [0.717, 1.165) is 19.6 Å². The third-order valence-electron chi connectivity index (χ3n) is 2.34. The Balaban J connectivity index is 2.35. The average Bonchev–Trinajstić information content (AvgIpc) is 2.32. The van der Waals surface area contributed by atoms with E-state index in [4.69, 9.17) is 9.84 Å². The van der Waals surface area contributed by atoms with Crippen LogP contribution >= 0.6 is 0 Å². The minimum atomic E-state index is -0.847. The SMILES string of the molecule is CC1COCCCN1CC(O)CF. The topological polar surface area (TPSA) is 32.7 Å². The summed E-state index contributed by atoms with van der Waals surface area (Å²) in [6, 6.07) is 0.281. The molecule has 1 rings (SSSR count). The molecule has 0 spiro atoms. The molecule has 0 saturated carbocycles. The van der Waals surface area contributed by atoms with Gasteiger partial charge in [0.25, 0.3) is 0 Å². The number of nitrogens with zero attached hydrogens (tertiary/aromatic N) is 1. The zero-order chi connectivity index (χ0) is 9.68. The molecule has 1 aliphatic heterocycles. The number of aliphatic hydroxyl groups excluding tert-OH is 1. The second-order valence-electron chi connectivity index (χ2n) is 3.58. The smallest absolute Gasteiger partial charge is 0.117 e. The summed E-state index contributed by atoms with van der Waals surface area (Å²) >= 11 is 0. The van der Waals surface area contributed by atoms with Crippen LogP contribution in [0, 0.1) is 0 Å². The molecule has 1 aliphatic rings. The number of hydrogen-bond acceptors (Lipinski definition) is 3. The van der Waals surface area contributed by atoms with Crippen LogP contribution in [0.4, 0.5) is 4.39 Å². The highest BCUT2D eigenvalue weighted by atomic mass is 19.1. The molecule has 1 saturated heterocycles. The first-order chi connectivity index (χ1) is 6.24. The molecule has 0 aliphatic carbocycles. The Morgan fingerprint density at radius 2 is 2.46 bits per heavy atom. The van der Waals surface area contributed by atoms with Gasteiger partial charge in [-0.1, -0.05) is 0 Å². The van der Waals surface area contributed by atoms with Crippen molar-refractivity contribution in [1.82, 2.24) is 4.90 Å². The van der Waals surface area contributed by atoms with E-state index in [1.54, 1.807) is 0 Å². The normalized spacial score (nSPS) is 28.4. The van der Waals surface area contributed by atoms with Crippen LogP contribution < -0.4 is 0 Å². The van der Waals surface area contributed by atoms with Crippen LogP contribution in [-0.4, -0.2) is 55.1 Å². The summed E-state index contributed by atoms with van der Waals surface area (Å²) in [7, 11) is 0. The van der Waals surface area contributed by atoms with Crippen LogP contribution in [0.1, 0.15) is 13.3 Å². The number of rotatable bonds is 3. The maximum Gasteiger partial charge on any atom is 0.117 e. The van der Waals surface area contributed by atoms with Gasteiger partial charge in [-0.15, -0.1) is 0 Å². The molecule has 78 valence electrons. The first-order valence-corrected chi connectivity index (χ1v) is 4.80. The van der Waals surface area contributed by atoms with Crippen LogP contribution in [0.25, 0.3) is 0 Å². The number of β-amino-alcohol motifs (C(OH)–C–C–N with tert-alkyl or cyclic N) is 1. The lowest BCUT2D eigenvalue weighted by molar-refractivity contribution is 0.0594. The van der Waals surface area contributed by atoms with Crippen molar-refractivity contribution in [3.63, 3.8) is 0 Å². The van der Waals surface area contributed by atoms with Crippen molar-refractivity contribution < 1.29 is 14.2 Å². The molecule has 0 bridgehead atoms. The Morgan fingerprint density at radius 3 is 3.15 bits per heavy atom. The molecule has 3 nitrogen and oxygen atoms in total. The molecule has 13 heavy (non-hydrogen) atoms. The summed E-state index contributed by atoms with van der Waals surface area (Å²) in [5.74, 6) is 0. The monoisotopic (exact) mass is 191 g/mol. The van der Waals surface area contributed by atoms with E-state index in [1.807, 2.05) is 6.92 Å². The maximum absolute atomic E-state index is 12.1. The highest BCUT2D eigenvalue weighted by Gasteiger charge is 2.19. The van der Waals surface area contributed by atoms with Crippen LogP contribution in [0.2, 0.25) is 0 Å². The van der Waals surface area contributed by atoms with E-state index in [9.17, 15) is 4.39 Å². The molecule has 0 amide bonds. The van der Waals surface area contributed by atoms with Crippen molar-refractivity contribution in [1.29, 1.82) is 0 Å². The molecule has 0 aromatic heterocycles. The van der Waals surface area contributed by atoms with Crippen LogP contribution in [-0.2, 0) is 4.74 Å². The molecule has 1 heterocycles. The third-order valence-corrected chi connectivity index (χ3v) is 2.34. The van der Waals surface area contributed by atoms with Crippen LogP contribution in [0.3, 0.4) is 0 Å². The summed E-state index contributed by atoms with van der Waals surface area (Å²) in [6.07, 6.45) is 0.115. The van der Waals surface area contributed by atoms with E-state index in [1.165, 1.54) is 0 Å². The quantitative estimate of drug-likeness (QED) is 0.702. The van der Waals surface area contributed by atoms with Crippen molar-refractivity contribution in [3.05, 3.63) is 0 Å². The summed E-state index contributed by atoms with van der Waals surface area (Å²) in [5.41, 5.74) is 0. The molecular formula is C9H18FNO2. The molecule has 0 radical (unpaired) electrons. The lowest BCUT2D eigenvalue weighted by Crippen LogP contribution is -2.41. The van der Waals surface area contributed by atoms with E-state index in [0.29, 0.717) is 13.2 Å². The standard InChI is InChI=1S/C9H18FNO2/c1-8-7-13-4-2-3-11(8)6-9(12)5-10/h8-9,12H,2-7H2,1H3. The van der Waals surface area contributed by atoms with Gasteiger partial charge in [0.2, 0.25) is 0 Å². The van der Waals surface area contributed by atoms with Crippen LogP contribution in [0.15, 0.2) is 0 Å². The van der Waals surface area contributed by atoms with E-state index >= 15 is 0 Å². The molecule has 4 heteroatoms. The van der Waals surface area contributed by atoms with E-state index < -0.39 is 12.8 Å². The first-order valence-electron chi connectivity index (χ1n) is 4.80. The van der Waals surface area contributed by atoms with Crippen molar-refractivity contribution in [2.24, 2.45) is 0 Å². The van der Waals surface area contributed by atoms with Gasteiger partial charge >= 0.3 is 0 Å². The second kappa shape index (κ2) is 5.52. The van der Waals surface area contributed by atoms with Gasteiger partial charge in [0.05, 0.1) is 12.7 Å². The summed E-state index contributed by atoms with van der Waals surface area (Å²) in [4.78, 5) is 2.08. The second-order valence-corrected chi connectivity index (χ2v) is 3.58. The van der Waals surface area contributed by atoms with Gasteiger partial charge in [-0.25, -0.2) is 4.39 Å². The van der Waals surface area contributed by atoms with E-state index in [-0.39, 0.29) is 6.04 Å². The Hall–Kier alpha value is -0.190. The average molecular weight is 191 g/mol. The molecule has 1 fully saturated rings. The summed E-state index contributed by atoms with van der Waals surface area (Å²) in [6.45, 7) is 4.13. The minimum Gasteiger partial charge on any atom is -0.389 e. The molecule has 0 aromatic carbocycles. The maximum atomic E-state index is 12.1. The Bertz CT molecular complexity index is 146. The molecule has 0 aromatic rings. The number of aliphatic hydroxyl groups is 1. The Labute approximate surface area is 78.5 Å². The number of alkyl halides is 1. The molecule has 1 N–H and O–H groups in total. The van der Waals surface area contributed by atoms with Crippen molar-refractivity contribution in [3.8, 4) is 0 Å². The number of halogens is 1. The van der Waals surface area contributed by atoms with Crippen molar-refractivity contribution in [2.45, 2.75) is 25.5 Å². The first kappa shape index (κ1) is 10.9. The lowest BCUT2D eigenvalue weighted by atomic mass is 10.2. The Kier molecular flexibility index (Phi) is 4.62. The fourth-order valence-corrected chi connectivity index (χ4v) is 1.54. The van der Waals surface area contributed by atoms with Crippen molar-refractivity contribution >= 4 is 0 Å². The highest BCUT2D eigenvalue weighted by Crippen LogP contribution is 2.07. The van der Waals surface area contributed by atoms with Gasteiger partial charge in [0, 0.05) is 25.7 Å². The predicted octanol–water partition coefficient (Wildman–Crippen LogP) is 0.428. The fraction of sp³-hybridized carbons (Fsp3) is 1.00. The molecule has 2 atom stereocenters. The third kappa shape index (κ3) is 3.58. The fourth-order valence-electron chi connectivity index (χ4n) is 1.54. The minimum absolute atomic E-state index is 0.281. The number of hydrogen-bond donors (Lipinski definition) is 1. The van der Waals surface area contributed by atoms with Gasteiger partial charge < -0.3 is 9.84 Å². The van der Waals surface area contributed by atoms with Gasteiger partial charge in [-0.2, -0.15) is 0 Å².